The molecule has 8 heteroatoms. The topological polar surface area (TPSA) is 44.8 Å². The number of rotatable bonds is 18. The van der Waals surface area contributed by atoms with Crippen LogP contribution in [0.2, 0.25) is 0 Å². The molecule has 0 saturated carbocycles. The molecule has 9 rings (SSSR count). The van der Waals surface area contributed by atoms with E-state index in [9.17, 15) is 0 Å². The molecule has 0 aliphatic rings. The normalized spacial score (nSPS) is 14.5. The van der Waals surface area contributed by atoms with Gasteiger partial charge >= 0.3 is 464 Å². The molecule has 0 aliphatic carbocycles. The third-order valence-corrected chi connectivity index (χ3v) is 39.7. The fourth-order valence-corrected chi connectivity index (χ4v) is 36.3. The van der Waals surface area contributed by atoms with Crippen LogP contribution in [-0.2, 0) is 17.5 Å². The van der Waals surface area contributed by atoms with Gasteiger partial charge in [0.1, 0.15) is 0 Å². The second-order valence-corrected chi connectivity index (χ2v) is 38.5. The van der Waals surface area contributed by atoms with Gasteiger partial charge in [0.05, 0.1) is 0 Å². The zero-order valence-electron chi connectivity index (χ0n) is 47.3. The van der Waals surface area contributed by atoms with Crippen LogP contribution in [0.4, 0.5) is 0 Å². The third-order valence-electron chi connectivity index (χ3n) is 16.9. The summed E-state index contributed by atoms with van der Waals surface area (Å²) in [5, 5.41) is 8.37. The summed E-state index contributed by atoms with van der Waals surface area (Å²) in [6.07, 6.45) is 1.29. The predicted octanol–water partition coefficient (Wildman–Crippen LogP) is 15.3. The second-order valence-electron chi connectivity index (χ2n) is 21.8. The fraction of sp³-hybridized carbons (Fsp3) is 0.217. The first kappa shape index (κ1) is 56.1. The van der Waals surface area contributed by atoms with Gasteiger partial charge in [-0.15, -0.1) is 0 Å². The van der Waals surface area contributed by atoms with Gasteiger partial charge in [-0.2, -0.15) is 0 Å². The first-order chi connectivity index (χ1) is 36.8. The Balaban J connectivity index is 1.58. The van der Waals surface area contributed by atoms with Crippen molar-refractivity contribution in [2.24, 2.45) is 0 Å². The van der Waals surface area contributed by atoms with Crippen LogP contribution in [0.15, 0.2) is 218 Å². The van der Waals surface area contributed by atoms with Crippen molar-refractivity contribution in [2.45, 2.75) is 83.1 Å². The summed E-state index contributed by atoms with van der Waals surface area (Å²) in [6, 6.07) is 78.7. The van der Waals surface area contributed by atoms with E-state index in [1.54, 1.807) is 0 Å². The Bertz CT molecular complexity index is 2830. The van der Waals surface area contributed by atoms with Crippen molar-refractivity contribution < 1.29 is 17.5 Å². The van der Waals surface area contributed by atoms with Crippen molar-refractivity contribution in [3.05, 3.63) is 268 Å². The number of benzene rings is 9. The summed E-state index contributed by atoms with van der Waals surface area (Å²) < 4.78 is 45.9. The van der Waals surface area contributed by atoms with E-state index in [2.05, 4.69) is 301 Å². The summed E-state index contributed by atoms with van der Waals surface area (Å²) in [5.41, 5.74) is 9.94. The predicted molar refractivity (Wildman–Crippen MR) is 341 cm³/mol. The molecular weight excluding hydrogens is 1020 g/mol. The van der Waals surface area contributed by atoms with Crippen LogP contribution < -0.4 is 47.7 Å². The van der Waals surface area contributed by atoms with Gasteiger partial charge < -0.3 is 0 Å². The summed E-state index contributed by atoms with van der Waals surface area (Å²) in [6.45, 7) is 11.8. The summed E-state index contributed by atoms with van der Waals surface area (Å²) in [4.78, 5) is 0. The van der Waals surface area contributed by atoms with E-state index < -0.39 is 28.3 Å². The van der Waals surface area contributed by atoms with Crippen LogP contribution >= 0.6 is 28.3 Å². The van der Waals surface area contributed by atoms with Crippen molar-refractivity contribution >= 4 is 76.1 Å². The van der Waals surface area contributed by atoms with E-state index in [0.717, 1.165) is 97.8 Å². The molecular formula is C69H78O4P4. The Morgan fingerprint density at radius 2 is 0.338 bits per heavy atom. The van der Waals surface area contributed by atoms with E-state index in [1.165, 1.54) is 0 Å². The zero-order valence-corrected chi connectivity index (χ0v) is 50.9. The third kappa shape index (κ3) is 9.18. The van der Waals surface area contributed by atoms with Gasteiger partial charge in [-0.25, -0.2) is 0 Å². The fourth-order valence-electron chi connectivity index (χ4n) is 12.0. The van der Waals surface area contributed by atoms with Gasteiger partial charge in [-0.1, -0.05) is 0 Å². The maximum atomic E-state index is 19.5. The molecule has 9 aromatic rings. The standard InChI is InChI=1S/C69H78O4P4/c1-13-75(61-34-16-52(4)17-35-61,62-36-18-53(5)19-37-62,63-38-20-54(6)21-39-63)71-74(70,72-76(14-2,64-40-22-55(7)23-41-64,65-42-24-56(8)25-43-65)66-44-26-57(9)27-45-66)73-77(15-3,67-46-28-58(10)29-47-67,68-48-30-59(11)31-49-68)69-50-32-60(12)33-51-69/h16-51H,13-15H2,1-12H3. The Labute approximate surface area is 461 Å². The molecule has 9 aromatic carbocycles. The minimum atomic E-state index is -5.25. The zero-order chi connectivity index (χ0) is 54.9. The van der Waals surface area contributed by atoms with Gasteiger partial charge in [0, 0.05) is 0 Å². The number of phosphoric acid groups is 1. The monoisotopic (exact) mass is 1090 g/mol. The average Bonchev–Trinajstić information content (AvgIpc) is 3.63. The first-order valence-electron chi connectivity index (χ1n) is 27.3. The average molecular weight is 1100 g/mol. The molecule has 0 heterocycles. The molecule has 0 amide bonds. The quantitative estimate of drug-likeness (QED) is 0.0803. The van der Waals surface area contributed by atoms with E-state index in [-0.39, 0.29) is 0 Å². The summed E-state index contributed by atoms with van der Waals surface area (Å²) in [5.74, 6) is 0. The number of aryl methyl sites for hydroxylation is 9. The molecule has 0 aliphatic heterocycles. The molecule has 0 fully saturated rings. The molecule has 0 bridgehead atoms. The second kappa shape index (κ2) is 21.2. The molecule has 0 unspecified atom stereocenters. The van der Waals surface area contributed by atoms with E-state index in [4.69, 9.17) is 12.9 Å². The molecule has 77 heavy (non-hydrogen) atoms. The Hall–Kier alpha value is -5.62. The Kier molecular flexibility index (Phi) is 15.5. The van der Waals surface area contributed by atoms with E-state index in [0.29, 0.717) is 18.5 Å². The van der Waals surface area contributed by atoms with Crippen LogP contribution in [0.5, 0.6) is 0 Å². The molecule has 0 radical (unpaired) electrons. The minimum absolute atomic E-state index is 0.431. The molecule has 0 saturated heterocycles. The van der Waals surface area contributed by atoms with Gasteiger partial charge in [-0.05, 0) is 0 Å². The van der Waals surface area contributed by atoms with Crippen molar-refractivity contribution in [1.82, 2.24) is 0 Å². The summed E-state index contributed by atoms with van der Waals surface area (Å²) in [7, 11) is -5.25. The molecule has 398 valence electrons. The molecule has 0 spiro atoms. The summed E-state index contributed by atoms with van der Waals surface area (Å²) >= 11 is 0. The van der Waals surface area contributed by atoms with E-state index in [1.807, 2.05) is 0 Å². The van der Waals surface area contributed by atoms with Gasteiger partial charge in [0.2, 0.25) is 0 Å². The van der Waals surface area contributed by atoms with Crippen LogP contribution in [0.25, 0.3) is 0 Å². The van der Waals surface area contributed by atoms with Crippen LogP contribution in [-0.4, -0.2) is 18.5 Å². The van der Waals surface area contributed by atoms with Crippen molar-refractivity contribution in [1.29, 1.82) is 0 Å². The van der Waals surface area contributed by atoms with Gasteiger partial charge in [-0.3, -0.25) is 0 Å². The Morgan fingerprint density at radius 3 is 0.429 bits per heavy atom. The number of hydrogen-bond donors (Lipinski definition) is 0. The molecule has 0 N–H and O–H groups in total. The van der Waals surface area contributed by atoms with Crippen molar-refractivity contribution in [3.63, 3.8) is 0 Å². The van der Waals surface area contributed by atoms with Crippen LogP contribution in [0.1, 0.15) is 70.8 Å². The molecule has 4 nitrogen and oxygen atoms in total. The Morgan fingerprint density at radius 1 is 0.234 bits per heavy atom. The van der Waals surface area contributed by atoms with Crippen LogP contribution in [0.3, 0.4) is 0 Å². The maximum absolute atomic E-state index is 19.5. The van der Waals surface area contributed by atoms with Gasteiger partial charge in [0.25, 0.3) is 0 Å². The van der Waals surface area contributed by atoms with Crippen LogP contribution in [0, 0.1) is 62.3 Å². The molecule has 0 aromatic heterocycles. The van der Waals surface area contributed by atoms with Gasteiger partial charge in [0.15, 0.2) is 0 Å². The van der Waals surface area contributed by atoms with E-state index >= 15 is 4.57 Å². The van der Waals surface area contributed by atoms with Crippen molar-refractivity contribution in [2.75, 3.05) is 18.5 Å². The first-order valence-corrected chi connectivity index (χ1v) is 35.7. The SMILES string of the molecule is CCP(OP(=O)(OP(CC)(c1ccc(C)cc1)(c1ccc(C)cc1)c1ccc(C)cc1)OP(CC)(c1ccc(C)cc1)(c1ccc(C)cc1)c1ccc(C)cc1)(c1ccc(C)cc1)(c1ccc(C)cc1)c1ccc(C)cc1. The molecule has 0 atom stereocenters. The number of hydrogen-bond acceptors (Lipinski definition) is 4. The van der Waals surface area contributed by atoms with Crippen molar-refractivity contribution in [3.8, 4) is 0 Å².